The molecule has 0 radical (unpaired) electrons. The van der Waals surface area contributed by atoms with Gasteiger partial charge in [0, 0.05) is 17.6 Å². The molecular weight excluding hydrogens is 373 g/mol. The first-order valence-electron chi connectivity index (χ1n) is 9.62. The SMILES string of the molecule is CCCOC1C(C(=O)OC(C#N)c2ccc(F)c(Oc3ccccc3)c2)C1(C)C. The van der Waals surface area contributed by atoms with Gasteiger partial charge in [0.1, 0.15) is 11.8 Å². The minimum Gasteiger partial charge on any atom is -0.454 e. The molecule has 152 valence electrons. The number of carbonyl (C=O) groups is 1. The fourth-order valence-corrected chi connectivity index (χ4v) is 3.31. The minimum absolute atomic E-state index is 0.0408. The number of hydrogen-bond acceptors (Lipinski definition) is 5. The summed E-state index contributed by atoms with van der Waals surface area (Å²) < 4.78 is 30.9. The highest BCUT2D eigenvalue weighted by Crippen LogP contribution is 2.55. The van der Waals surface area contributed by atoms with E-state index < -0.39 is 23.8 Å². The molecule has 3 unspecified atom stereocenters. The maximum Gasteiger partial charge on any atom is 0.313 e. The van der Waals surface area contributed by atoms with Crippen LogP contribution in [0.2, 0.25) is 0 Å². The Morgan fingerprint density at radius 1 is 1.24 bits per heavy atom. The van der Waals surface area contributed by atoms with Crippen LogP contribution in [0.25, 0.3) is 0 Å². The largest absolute Gasteiger partial charge is 0.454 e. The van der Waals surface area contributed by atoms with Crippen LogP contribution in [0.5, 0.6) is 11.5 Å². The number of rotatable bonds is 8. The summed E-state index contributed by atoms with van der Waals surface area (Å²) in [5.41, 5.74) is 0.00839. The molecule has 3 atom stereocenters. The number of carbonyl (C=O) groups excluding carboxylic acids is 1. The van der Waals surface area contributed by atoms with E-state index in [1.807, 2.05) is 32.9 Å². The molecule has 1 saturated carbocycles. The lowest BCUT2D eigenvalue weighted by atomic mass is 10.1. The van der Waals surface area contributed by atoms with Gasteiger partial charge < -0.3 is 14.2 Å². The second kappa shape index (κ2) is 8.62. The summed E-state index contributed by atoms with van der Waals surface area (Å²) in [6.07, 6.45) is -0.529. The van der Waals surface area contributed by atoms with E-state index in [0.29, 0.717) is 17.9 Å². The van der Waals surface area contributed by atoms with Crippen molar-refractivity contribution >= 4 is 5.97 Å². The van der Waals surface area contributed by atoms with E-state index in [1.165, 1.54) is 18.2 Å². The Labute approximate surface area is 170 Å². The molecule has 0 aliphatic heterocycles. The molecule has 6 heteroatoms. The third kappa shape index (κ3) is 4.57. The maximum absolute atomic E-state index is 14.2. The Hall–Kier alpha value is -2.91. The van der Waals surface area contributed by atoms with Crippen LogP contribution in [0.1, 0.15) is 38.9 Å². The third-order valence-corrected chi connectivity index (χ3v) is 5.06. The van der Waals surface area contributed by atoms with E-state index in [-0.39, 0.29) is 17.3 Å². The van der Waals surface area contributed by atoms with Gasteiger partial charge >= 0.3 is 5.97 Å². The summed E-state index contributed by atoms with van der Waals surface area (Å²) in [6, 6.07) is 14.7. The second-order valence-corrected chi connectivity index (χ2v) is 7.64. The molecule has 1 aliphatic rings. The Morgan fingerprint density at radius 2 is 1.97 bits per heavy atom. The average Bonchev–Trinajstić information content (AvgIpc) is 3.27. The number of esters is 1. The molecule has 0 bridgehead atoms. The lowest BCUT2D eigenvalue weighted by Crippen LogP contribution is -2.15. The van der Waals surface area contributed by atoms with Crippen LogP contribution in [0, 0.1) is 28.5 Å². The number of ether oxygens (including phenoxy) is 3. The minimum atomic E-state index is -1.16. The van der Waals surface area contributed by atoms with E-state index in [2.05, 4.69) is 0 Å². The number of para-hydroxylation sites is 1. The van der Waals surface area contributed by atoms with Crippen molar-refractivity contribution in [2.75, 3.05) is 6.61 Å². The van der Waals surface area contributed by atoms with E-state index in [9.17, 15) is 14.4 Å². The Morgan fingerprint density at radius 3 is 2.62 bits per heavy atom. The van der Waals surface area contributed by atoms with Crippen LogP contribution in [0.4, 0.5) is 4.39 Å². The van der Waals surface area contributed by atoms with E-state index in [4.69, 9.17) is 14.2 Å². The van der Waals surface area contributed by atoms with Crippen molar-refractivity contribution in [2.45, 2.75) is 39.4 Å². The van der Waals surface area contributed by atoms with Gasteiger partial charge in [-0.25, -0.2) is 4.39 Å². The molecule has 29 heavy (non-hydrogen) atoms. The zero-order valence-electron chi connectivity index (χ0n) is 16.7. The predicted octanol–water partition coefficient (Wildman–Crippen LogP) is 5.18. The average molecular weight is 397 g/mol. The smallest absolute Gasteiger partial charge is 0.313 e. The summed E-state index contributed by atoms with van der Waals surface area (Å²) >= 11 is 0. The number of benzene rings is 2. The van der Waals surface area contributed by atoms with Crippen LogP contribution < -0.4 is 4.74 Å². The van der Waals surface area contributed by atoms with Gasteiger partial charge in [-0.15, -0.1) is 0 Å². The lowest BCUT2D eigenvalue weighted by molar-refractivity contribution is -0.150. The summed E-state index contributed by atoms with van der Waals surface area (Å²) in [7, 11) is 0. The predicted molar refractivity (Wildman–Crippen MR) is 105 cm³/mol. The van der Waals surface area contributed by atoms with Crippen molar-refractivity contribution in [1.29, 1.82) is 5.26 Å². The first-order chi connectivity index (χ1) is 13.9. The van der Waals surface area contributed by atoms with Crippen LogP contribution in [0.3, 0.4) is 0 Å². The van der Waals surface area contributed by atoms with Gasteiger partial charge in [0.05, 0.1) is 12.0 Å². The molecule has 0 amide bonds. The molecule has 2 aromatic rings. The molecule has 0 saturated heterocycles. The zero-order chi connectivity index (χ0) is 21.0. The zero-order valence-corrected chi connectivity index (χ0v) is 16.7. The maximum atomic E-state index is 14.2. The standard InChI is InChI=1S/C23H24FNO4/c1-4-12-27-21-20(23(21,2)3)22(26)29-19(14-25)15-10-11-17(24)18(13-15)28-16-8-6-5-7-9-16/h5-11,13,19-21H,4,12H2,1-3H3. The van der Waals surface area contributed by atoms with Gasteiger partial charge in [0.2, 0.25) is 6.10 Å². The summed E-state index contributed by atoms with van der Waals surface area (Å²) in [4.78, 5) is 12.6. The fourth-order valence-electron chi connectivity index (χ4n) is 3.31. The van der Waals surface area contributed by atoms with Gasteiger partial charge in [-0.1, -0.05) is 45.0 Å². The summed E-state index contributed by atoms with van der Waals surface area (Å²) in [6.45, 7) is 6.43. The molecule has 0 spiro atoms. The molecule has 1 fully saturated rings. The Bertz CT molecular complexity index is 907. The highest BCUT2D eigenvalue weighted by molar-refractivity contribution is 5.78. The quantitative estimate of drug-likeness (QED) is 0.574. The monoisotopic (exact) mass is 397 g/mol. The number of halogens is 1. The molecule has 0 aromatic heterocycles. The van der Waals surface area contributed by atoms with Crippen molar-refractivity contribution < 1.29 is 23.4 Å². The van der Waals surface area contributed by atoms with Crippen LogP contribution in [-0.4, -0.2) is 18.7 Å². The van der Waals surface area contributed by atoms with Crippen LogP contribution >= 0.6 is 0 Å². The van der Waals surface area contributed by atoms with Crippen molar-refractivity contribution in [1.82, 2.24) is 0 Å². The van der Waals surface area contributed by atoms with Crippen LogP contribution in [-0.2, 0) is 14.3 Å². The molecule has 1 aliphatic carbocycles. The van der Waals surface area contributed by atoms with Gasteiger partial charge in [-0.3, -0.25) is 4.79 Å². The molecule has 0 N–H and O–H groups in total. The number of nitrogens with zero attached hydrogens (tertiary/aromatic N) is 1. The van der Waals surface area contributed by atoms with Gasteiger partial charge in [0.25, 0.3) is 0 Å². The first-order valence-corrected chi connectivity index (χ1v) is 9.62. The third-order valence-electron chi connectivity index (χ3n) is 5.06. The van der Waals surface area contributed by atoms with Gasteiger partial charge in [-0.05, 0) is 30.7 Å². The molecule has 0 heterocycles. The lowest BCUT2D eigenvalue weighted by Gasteiger charge is -2.14. The summed E-state index contributed by atoms with van der Waals surface area (Å²) in [5.74, 6) is -1.06. The van der Waals surface area contributed by atoms with Gasteiger partial charge in [0.15, 0.2) is 11.6 Å². The number of nitriles is 1. The molecular formula is C23H24FNO4. The Kier molecular flexibility index (Phi) is 6.19. The van der Waals surface area contributed by atoms with Crippen molar-refractivity contribution in [3.63, 3.8) is 0 Å². The van der Waals surface area contributed by atoms with E-state index in [1.54, 1.807) is 24.3 Å². The molecule has 5 nitrogen and oxygen atoms in total. The normalized spacial score (nSPS) is 20.4. The number of hydrogen-bond donors (Lipinski definition) is 0. The molecule has 3 rings (SSSR count). The first kappa shape index (κ1) is 20.8. The van der Waals surface area contributed by atoms with Crippen molar-refractivity contribution in [2.24, 2.45) is 11.3 Å². The second-order valence-electron chi connectivity index (χ2n) is 7.64. The Balaban J connectivity index is 1.73. The fraction of sp³-hybridized carbons (Fsp3) is 0.391. The van der Waals surface area contributed by atoms with Crippen molar-refractivity contribution in [3.05, 3.63) is 59.9 Å². The highest BCUT2D eigenvalue weighted by Gasteiger charge is 2.64. The molecule has 2 aromatic carbocycles. The topological polar surface area (TPSA) is 68.5 Å². The van der Waals surface area contributed by atoms with Gasteiger partial charge in [-0.2, -0.15) is 5.26 Å². The summed E-state index contributed by atoms with van der Waals surface area (Å²) in [5, 5.41) is 9.52. The van der Waals surface area contributed by atoms with E-state index >= 15 is 0 Å². The van der Waals surface area contributed by atoms with E-state index in [0.717, 1.165) is 6.42 Å². The van der Waals surface area contributed by atoms with Crippen molar-refractivity contribution in [3.8, 4) is 17.6 Å². The van der Waals surface area contributed by atoms with Crippen LogP contribution in [0.15, 0.2) is 48.5 Å². The highest BCUT2D eigenvalue weighted by atomic mass is 19.1.